The number of carboxylic acids is 1. The highest BCUT2D eigenvalue weighted by molar-refractivity contribution is 9.11. The van der Waals surface area contributed by atoms with Crippen molar-refractivity contribution in [3.05, 3.63) is 22.7 Å². The average molecular weight is 235 g/mol. The monoisotopic (exact) mass is 234 g/mol. The van der Waals surface area contributed by atoms with Crippen molar-refractivity contribution < 1.29 is 14.3 Å². The second-order valence-electron chi connectivity index (χ2n) is 2.86. The third kappa shape index (κ3) is 1.75. The summed E-state index contributed by atoms with van der Waals surface area (Å²) in [6.45, 7) is 1.25. The molecule has 0 fully saturated rings. The van der Waals surface area contributed by atoms with Crippen LogP contribution >= 0.6 is 15.9 Å². The van der Waals surface area contributed by atoms with Gasteiger partial charge in [-0.25, -0.2) is 4.39 Å². The number of carboxylic acid groups (broad SMARTS) is 1. The van der Waals surface area contributed by atoms with E-state index >= 15 is 0 Å². The summed E-state index contributed by atoms with van der Waals surface area (Å²) in [5.74, 6) is -2.23. The molecule has 0 aromatic carbocycles. The molecule has 0 radical (unpaired) electrons. The summed E-state index contributed by atoms with van der Waals surface area (Å²) in [7, 11) is 0. The Bertz CT molecular complexity index is 268. The molecule has 1 aliphatic rings. The van der Waals surface area contributed by atoms with Crippen LogP contribution in [-0.2, 0) is 4.79 Å². The van der Waals surface area contributed by atoms with Crippen LogP contribution in [-0.4, -0.2) is 16.7 Å². The molecule has 0 heterocycles. The molecule has 2 nitrogen and oxygen atoms in total. The Kier molecular flexibility index (Phi) is 2.37. The van der Waals surface area contributed by atoms with Crippen LogP contribution in [0.4, 0.5) is 4.39 Å². The zero-order chi connectivity index (χ0) is 9.35. The minimum absolute atomic E-state index is 0.574. The molecule has 1 N–H and O–H groups in total. The largest absolute Gasteiger partial charge is 0.481 e. The van der Waals surface area contributed by atoms with Crippen LogP contribution < -0.4 is 0 Å². The third-order valence-electron chi connectivity index (χ3n) is 1.74. The van der Waals surface area contributed by atoms with Crippen LogP contribution in [0.25, 0.3) is 0 Å². The SMILES string of the molecule is CC1(F)C=C(Br)C=CC1C(=O)O. The lowest BCUT2D eigenvalue weighted by Gasteiger charge is -2.24. The van der Waals surface area contributed by atoms with Crippen LogP contribution in [0.3, 0.4) is 0 Å². The second kappa shape index (κ2) is 3.01. The van der Waals surface area contributed by atoms with Gasteiger partial charge in [0.1, 0.15) is 11.6 Å². The minimum atomic E-state index is -1.81. The van der Waals surface area contributed by atoms with Crippen LogP contribution in [0.2, 0.25) is 0 Å². The van der Waals surface area contributed by atoms with Gasteiger partial charge in [-0.05, 0) is 13.0 Å². The molecule has 4 heteroatoms. The zero-order valence-electron chi connectivity index (χ0n) is 6.42. The number of halogens is 2. The van der Waals surface area contributed by atoms with Gasteiger partial charge in [0.2, 0.25) is 0 Å². The predicted octanol–water partition coefficient (Wildman–Crippen LogP) is 2.26. The molecule has 66 valence electrons. The number of aliphatic carboxylic acids is 1. The lowest BCUT2D eigenvalue weighted by atomic mass is 9.87. The molecule has 0 spiro atoms. The molecule has 0 aliphatic heterocycles. The van der Waals surface area contributed by atoms with Crippen LogP contribution in [0, 0.1) is 5.92 Å². The van der Waals surface area contributed by atoms with E-state index in [0.29, 0.717) is 4.48 Å². The maximum absolute atomic E-state index is 13.5. The van der Waals surface area contributed by atoms with Crippen molar-refractivity contribution in [2.24, 2.45) is 5.92 Å². The fourth-order valence-corrected chi connectivity index (χ4v) is 1.71. The van der Waals surface area contributed by atoms with Crippen molar-refractivity contribution >= 4 is 21.9 Å². The van der Waals surface area contributed by atoms with E-state index in [1.807, 2.05) is 0 Å². The Balaban J connectivity index is 2.96. The van der Waals surface area contributed by atoms with E-state index in [1.54, 1.807) is 6.08 Å². The van der Waals surface area contributed by atoms with E-state index in [9.17, 15) is 9.18 Å². The fourth-order valence-electron chi connectivity index (χ4n) is 1.11. The maximum Gasteiger partial charge on any atom is 0.313 e. The molecule has 0 saturated heterocycles. The molecule has 1 aliphatic carbocycles. The van der Waals surface area contributed by atoms with E-state index in [4.69, 9.17) is 5.11 Å². The highest BCUT2D eigenvalue weighted by atomic mass is 79.9. The zero-order valence-corrected chi connectivity index (χ0v) is 8.01. The number of hydrogen-bond acceptors (Lipinski definition) is 1. The summed E-state index contributed by atoms with van der Waals surface area (Å²) < 4.78 is 14.1. The first-order chi connectivity index (χ1) is 5.43. The summed E-state index contributed by atoms with van der Waals surface area (Å²) in [5.41, 5.74) is -1.81. The third-order valence-corrected chi connectivity index (χ3v) is 2.24. The minimum Gasteiger partial charge on any atom is -0.481 e. The summed E-state index contributed by atoms with van der Waals surface area (Å²) in [4.78, 5) is 10.5. The van der Waals surface area contributed by atoms with Gasteiger partial charge in [0.15, 0.2) is 0 Å². The summed E-state index contributed by atoms with van der Waals surface area (Å²) >= 11 is 3.08. The van der Waals surface area contributed by atoms with Crippen molar-refractivity contribution in [3.63, 3.8) is 0 Å². The number of alkyl halides is 1. The Morgan fingerprint density at radius 1 is 1.83 bits per heavy atom. The van der Waals surface area contributed by atoms with Crippen molar-refractivity contribution in [2.45, 2.75) is 12.6 Å². The molecule has 0 saturated carbocycles. The first-order valence-corrected chi connectivity index (χ1v) is 4.21. The van der Waals surface area contributed by atoms with Crippen molar-refractivity contribution in [3.8, 4) is 0 Å². The first kappa shape index (κ1) is 9.45. The van der Waals surface area contributed by atoms with E-state index in [-0.39, 0.29) is 0 Å². The molecule has 0 aromatic rings. The lowest BCUT2D eigenvalue weighted by Crippen LogP contribution is -2.34. The van der Waals surface area contributed by atoms with E-state index in [0.717, 1.165) is 0 Å². The maximum atomic E-state index is 13.5. The van der Waals surface area contributed by atoms with Crippen molar-refractivity contribution in [2.75, 3.05) is 0 Å². The first-order valence-electron chi connectivity index (χ1n) is 3.42. The van der Waals surface area contributed by atoms with Gasteiger partial charge in [-0.3, -0.25) is 4.79 Å². The van der Waals surface area contributed by atoms with Crippen molar-refractivity contribution in [1.82, 2.24) is 0 Å². The smallest absolute Gasteiger partial charge is 0.313 e. The van der Waals surface area contributed by atoms with E-state index < -0.39 is 17.6 Å². The molecule has 2 atom stereocenters. The van der Waals surface area contributed by atoms with Gasteiger partial charge < -0.3 is 5.11 Å². The molecular weight excluding hydrogens is 227 g/mol. The van der Waals surface area contributed by atoms with Gasteiger partial charge in [0.05, 0.1) is 0 Å². The lowest BCUT2D eigenvalue weighted by molar-refractivity contribution is -0.143. The highest BCUT2D eigenvalue weighted by Crippen LogP contribution is 2.32. The summed E-state index contributed by atoms with van der Waals surface area (Å²) in [6.07, 6.45) is 4.14. The van der Waals surface area contributed by atoms with Gasteiger partial charge in [-0.1, -0.05) is 28.1 Å². The summed E-state index contributed by atoms with van der Waals surface area (Å²) in [6, 6.07) is 0. The van der Waals surface area contributed by atoms with E-state index in [2.05, 4.69) is 15.9 Å². The quantitative estimate of drug-likeness (QED) is 0.756. The van der Waals surface area contributed by atoms with Gasteiger partial charge in [0.25, 0.3) is 0 Å². The van der Waals surface area contributed by atoms with Gasteiger partial charge in [-0.15, -0.1) is 0 Å². The predicted molar refractivity (Wildman–Crippen MR) is 46.8 cm³/mol. The topological polar surface area (TPSA) is 37.3 Å². The van der Waals surface area contributed by atoms with Gasteiger partial charge in [-0.2, -0.15) is 0 Å². The Morgan fingerprint density at radius 3 is 2.83 bits per heavy atom. The van der Waals surface area contributed by atoms with Crippen molar-refractivity contribution in [1.29, 1.82) is 0 Å². The highest BCUT2D eigenvalue weighted by Gasteiger charge is 2.37. The normalized spacial score (nSPS) is 34.6. The molecule has 0 amide bonds. The number of hydrogen-bond donors (Lipinski definition) is 1. The average Bonchev–Trinajstić information content (AvgIpc) is 1.82. The van der Waals surface area contributed by atoms with Crippen LogP contribution in [0.1, 0.15) is 6.92 Å². The number of allylic oxidation sites excluding steroid dienone is 3. The van der Waals surface area contributed by atoms with Gasteiger partial charge in [0, 0.05) is 4.48 Å². The Morgan fingerprint density at radius 2 is 2.42 bits per heavy atom. The Labute approximate surface area is 77.9 Å². The molecule has 2 unspecified atom stereocenters. The second-order valence-corrected chi connectivity index (χ2v) is 3.77. The molecule has 12 heavy (non-hydrogen) atoms. The Hall–Kier alpha value is -0.640. The number of rotatable bonds is 1. The van der Waals surface area contributed by atoms with E-state index in [1.165, 1.54) is 19.1 Å². The van der Waals surface area contributed by atoms with Crippen LogP contribution in [0.15, 0.2) is 22.7 Å². The fraction of sp³-hybridized carbons (Fsp3) is 0.375. The van der Waals surface area contributed by atoms with Gasteiger partial charge >= 0.3 is 5.97 Å². The molecule has 0 aromatic heterocycles. The number of carbonyl (C=O) groups is 1. The molecule has 1 rings (SSSR count). The van der Waals surface area contributed by atoms with Crippen LogP contribution in [0.5, 0.6) is 0 Å². The molecular formula is C8H8BrFO2. The summed E-state index contributed by atoms with van der Waals surface area (Å²) in [5, 5.41) is 8.62. The molecule has 0 bridgehead atoms. The standard InChI is InChI=1S/C8H8BrFO2/c1-8(10)4-5(9)2-3-6(8)7(11)12/h2-4,6H,1H3,(H,11,12).